The molecule has 0 heterocycles. The topological polar surface area (TPSA) is 12.4 Å². The van der Waals surface area contributed by atoms with Crippen LogP contribution in [0.4, 0.5) is 0 Å². The van der Waals surface area contributed by atoms with Gasteiger partial charge in [-0.1, -0.05) is 79.9 Å². The Hall–Kier alpha value is -2.11. The lowest BCUT2D eigenvalue weighted by Crippen LogP contribution is -2.08. The largest absolute Gasteiger partial charge is 0.239 e. The fourth-order valence-corrected chi connectivity index (χ4v) is 2.87. The van der Waals surface area contributed by atoms with Gasteiger partial charge in [-0.05, 0) is 29.8 Å². The standard InChI is InChI=1S/C20H21N/c1-4-10-17(11-5-1)20(18-12-6-2-7-13-18)16-21-19-14-8-3-9-15-19/h1-2,4-7,10-13,19H,3,8-9,14-15H2. The predicted octanol–water partition coefficient (Wildman–Crippen LogP) is 5.12. The maximum Gasteiger partial charge on any atom is 0.0594 e. The van der Waals surface area contributed by atoms with E-state index in [0.717, 1.165) is 5.57 Å². The molecular weight excluding hydrogens is 254 g/mol. The van der Waals surface area contributed by atoms with E-state index >= 15 is 0 Å². The van der Waals surface area contributed by atoms with Crippen LogP contribution in [0.15, 0.2) is 65.7 Å². The SMILES string of the molecule is C(=NC1CCCCC1)=C(c1ccccc1)c1ccccc1. The molecular formula is C20H21N. The van der Waals surface area contributed by atoms with E-state index in [0.29, 0.717) is 6.04 Å². The summed E-state index contributed by atoms with van der Waals surface area (Å²) in [4.78, 5) is 4.75. The van der Waals surface area contributed by atoms with E-state index in [1.165, 1.54) is 43.2 Å². The third-order valence-electron chi connectivity index (χ3n) is 4.06. The second-order valence-electron chi connectivity index (χ2n) is 5.64. The molecule has 1 aliphatic rings. The lowest BCUT2D eigenvalue weighted by Gasteiger charge is -2.16. The van der Waals surface area contributed by atoms with Gasteiger partial charge in [0.1, 0.15) is 0 Å². The zero-order valence-corrected chi connectivity index (χ0v) is 12.3. The van der Waals surface area contributed by atoms with Crippen LogP contribution in [0.3, 0.4) is 0 Å². The van der Waals surface area contributed by atoms with Crippen molar-refractivity contribution in [3.05, 3.63) is 71.8 Å². The van der Waals surface area contributed by atoms with Gasteiger partial charge in [-0.25, -0.2) is 4.99 Å². The van der Waals surface area contributed by atoms with Crippen LogP contribution in [0.2, 0.25) is 0 Å². The minimum atomic E-state index is 0.459. The van der Waals surface area contributed by atoms with E-state index in [-0.39, 0.29) is 0 Å². The first-order valence-corrected chi connectivity index (χ1v) is 7.87. The lowest BCUT2D eigenvalue weighted by molar-refractivity contribution is 0.445. The average molecular weight is 275 g/mol. The summed E-state index contributed by atoms with van der Waals surface area (Å²) in [5, 5.41) is 0. The van der Waals surface area contributed by atoms with E-state index in [1.54, 1.807) is 0 Å². The summed E-state index contributed by atoms with van der Waals surface area (Å²) < 4.78 is 0. The molecule has 0 amide bonds. The van der Waals surface area contributed by atoms with Gasteiger partial charge in [0.15, 0.2) is 0 Å². The first-order chi connectivity index (χ1) is 10.4. The zero-order chi connectivity index (χ0) is 14.3. The van der Waals surface area contributed by atoms with Crippen LogP contribution >= 0.6 is 0 Å². The molecule has 1 heteroatoms. The van der Waals surface area contributed by atoms with Gasteiger partial charge in [0.05, 0.1) is 11.6 Å². The summed E-state index contributed by atoms with van der Waals surface area (Å²) in [7, 11) is 0. The van der Waals surface area contributed by atoms with Crippen molar-refractivity contribution in [1.29, 1.82) is 0 Å². The van der Waals surface area contributed by atoms with E-state index in [1.807, 2.05) is 12.1 Å². The number of rotatable bonds is 3. The second-order valence-corrected chi connectivity index (χ2v) is 5.64. The van der Waals surface area contributed by atoms with E-state index in [9.17, 15) is 0 Å². The van der Waals surface area contributed by atoms with Gasteiger partial charge in [-0.3, -0.25) is 0 Å². The summed E-state index contributed by atoms with van der Waals surface area (Å²) in [6.45, 7) is 0. The van der Waals surface area contributed by atoms with Crippen LogP contribution in [-0.4, -0.2) is 11.9 Å². The van der Waals surface area contributed by atoms with Gasteiger partial charge in [0, 0.05) is 0 Å². The van der Waals surface area contributed by atoms with Gasteiger partial charge < -0.3 is 0 Å². The molecule has 1 aliphatic carbocycles. The molecule has 0 spiro atoms. The monoisotopic (exact) mass is 275 g/mol. The fraction of sp³-hybridized carbons (Fsp3) is 0.300. The summed E-state index contributed by atoms with van der Waals surface area (Å²) in [6.07, 6.45) is 6.40. The minimum absolute atomic E-state index is 0.459. The van der Waals surface area contributed by atoms with Crippen molar-refractivity contribution in [3.8, 4) is 0 Å². The van der Waals surface area contributed by atoms with Crippen molar-refractivity contribution >= 4 is 11.4 Å². The maximum absolute atomic E-state index is 4.75. The Morgan fingerprint density at radius 1 is 0.762 bits per heavy atom. The van der Waals surface area contributed by atoms with Crippen LogP contribution in [0.1, 0.15) is 43.2 Å². The third kappa shape index (κ3) is 3.71. The summed E-state index contributed by atoms with van der Waals surface area (Å²) in [5.74, 6) is 3.36. The first-order valence-electron chi connectivity index (χ1n) is 7.87. The molecule has 0 bridgehead atoms. The van der Waals surface area contributed by atoms with Crippen molar-refractivity contribution in [2.24, 2.45) is 4.99 Å². The van der Waals surface area contributed by atoms with Crippen molar-refractivity contribution in [2.45, 2.75) is 38.1 Å². The highest BCUT2D eigenvalue weighted by Gasteiger charge is 2.11. The number of benzene rings is 2. The highest BCUT2D eigenvalue weighted by molar-refractivity contribution is 5.98. The Morgan fingerprint density at radius 3 is 1.81 bits per heavy atom. The Morgan fingerprint density at radius 2 is 1.29 bits per heavy atom. The van der Waals surface area contributed by atoms with E-state index < -0.39 is 0 Å². The van der Waals surface area contributed by atoms with Crippen LogP contribution in [0.5, 0.6) is 0 Å². The molecule has 0 aliphatic heterocycles. The molecule has 1 fully saturated rings. The molecule has 0 unspecified atom stereocenters. The summed E-state index contributed by atoms with van der Waals surface area (Å²) >= 11 is 0. The zero-order valence-electron chi connectivity index (χ0n) is 12.3. The smallest absolute Gasteiger partial charge is 0.0594 e. The molecule has 0 saturated heterocycles. The van der Waals surface area contributed by atoms with Gasteiger partial charge >= 0.3 is 0 Å². The third-order valence-corrected chi connectivity index (χ3v) is 4.06. The van der Waals surface area contributed by atoms with Crippen LogP contribution in [0.25, 0.3) is 5.57 Å². The van der Waals surface area contributed by atoms with Crippen LogP contribution in [0, 0.1) is 0 Å². The normalized spacial score (nSPS) is 15.2. The highest BCUT2D eigenvalue weighted by atomic mass is 14.8. The Labute approximate surface area is 127 Å². The molecule has 0 N–H and O–H groups in total. The number of aliphatic imine (C=N–C) groups is 1. The lowest BCUT2D eigenvalue weighted by atomic mass is 9.96. The van der Waals surface area contributed by atoms with E-state index in [4.69, 9.17) is 4.99 Å². The number of nitrogens with zero attached hydrogens (tertiary/aromatic N) is 1. The van der Waals surface area contributed by atoms with Gasteiger partial charge in [-0.15, -0.1) is 0 Å². The summed E-state index contributed by atoms with van der Waals surface area (Å²) in [5.41, 5.74) is 3.47. The first kappa shape index (κ1) is 13.9. The predicted molar refractivity (Wildman–Crippen MR) is 89.7 cm³/mol. The highest BCUT2D eigenvalue weighted by Crippen LogP contribution is 2.22. The van der Waals surface area contributed by atoms with E-state index in [2.05, 4.69) is 54.4 Å². The van der Waals surface area contributed by atoms with Gasteiger partial charge in [-0.2, -0.15) is 0 Å². The van der Waals surface area contributed by atoms with Gasteiger partial charge in [0.2, 0.25) is 0 Å². The number of hydrogen-bond donors (Lipinski definition) is 0. The quantitative estimate of drug-likeness (QED) is 0.689. The van der Waals surface area contributed by atoms with Crippen molar-refractivity contribution < 1.29 is 0 Å². The molecule has 2 aromatic rings. The molecule has 1 saturated carbocycles. The molecule has 0 radical (unpaired) electrons. The Balaban J connectivity index is 1.98. The van der Waals surface area contributed by atoms with Crippen molar-refractivity contribution in [2.75, 3.05) is 0 Å². The van der Waals surface area contributed by atoms with Crippen molar-refractivity contribution in [1.82, 2.24) is 0 Å². The molecule has 21 heavy (non-hydrogen) atoms. The van der Waals surface area contributed by atoms with Crippen molar-refractivity contribution in [3.63, 3.8) is 0 Å². The number of hydrogen-bond acceptors (Lipinski definition) is 1. The molecule has 1 nitrogen and oxygen atoms in total. The molecule has 106 valence electrons. The minimum Gasteiger partial charge on any atom is -0.239 e. The average Bonchev–Trinajstić information content (AvgIpc) is 2.58. The van der Waals surface area contributed by atoms with Crippen LogP contribution < -0.4 is 0 Å². The maximum atomic E-state index is 4.75. The Bertz CT molecular complexity index is 574. The molecule has 0 atom stereocenters. The molecule has 0 aromatic heterocycles. The van der Waals surface area contributed by atoms with Crippen LogP contribution in [-0.2, 0) is 0 Å². The Kier molecular flexibility index (Phi) is 4.66. The second kappa shape index (κ2) is 7.06. The van der Waals surface area contributed by atoms with Gasteiger partial charge in [0.25, 0.3) is 0 Å². The molecule has 2 aromatic carbocycles. The fourth-order valence-electron chi connectivity index (χ4n) is 2.87. The summed E-state index contributed by atoms with van der Waals surface area (Å²) in [6, 6.07) is 21.4. The molecule has 3 rings (SSSR count).